The third kappa shape index (κ3) is 11.0. The molecular formula is C31H43N3O10. The summed E-state index contributed by atoms with van der Waals surface area (Å²) in [4.78, 5) is 53.2. The van der Waals surface area contributed by atoms with Crippen LogP contribution in [0.4, 0.5) is 0 Å². The molecule has 13 nitrogen and oxygen atoms in total. The second-order valence-corrected chi connectivity index (χ2v) is 10.3. The van der Waals surface area contributed by atoms with E-state index in [4.69, 9.17) is 19.3 Å². The summed E-state index contributed by atoms with van der Waals surface area (Å²) in [6, 6.07) is 11.3. The van der Waals surface area contributed by atoms with Gasteiger partial charge in [0.1, 0.15) is 12.1 Å². The predicted octanol–water partition coefficient (Wildman–Crippen LogP) is 3.58. The first kappa shape index (κ1) is 35.8. The van der Waals surface area contributed by atoms with Crippen LogP contribution in [0, 0.1) is 10.1 Å². The normalized spacial score (nSPS) is 15.0. The summed E-state index contributed by atoms with van der Waals surface area (Å²) in [7, 11) is 2.99. The summed E-state index contributed by atoms with van der Waals surface area (Å²) in [5.41, 5.74) is 2.99. The van der Waals surface area contributed by atoms with Gasteiger partial charge >= 0.3 is 11.9 Å². The Hall–Kier alpha value is -4.39. The van der Waals surface area contributed by atoms with E-state index in [9.17, 15) is 24.5 Å². The molecule has 2 aromatic rings. The highest BCUT2D eigenvalue weighted by atomic mass is 16.9. The molecule has 0 aliphatic carbocycles. The van der Waals surface area contributed by atoms with E-state index in [1.165, 1.54) is 51.4 Å². The molecule has 44 heavy (non-hydrogen) atoms. The highest BCUT2D eigenvalue weighted by molar-refractivity contribution is 5.88. The number of amides is 1. The SMILES string of the molecule is CCCc1ccccc1.COc1cc2c(cc1OC)CN(C(=O)C(C)NC(C)C(=O)O)C(C(=O)OCCCCO[N+](=O)[O-])C2. The molecule has 2 N–H and O–H groups in total. The lowest BCUT2D eigenvalue weighted by Crippen LogP contribution is -2.56. The van der Waals surface area contributed by atoms with Crippen LogP contribution in [0.1, 0.15) is 56.7 Å². The summed E-state index contributed by atoms with van der Waals surface area (Å²) in [6.07, 6.45) is 3.27. The minimum absolute atomic E-state index is 0.00107. The third-order valence-corrected chi connectivity index (χ3v) is 6.99. The van der Waals surface area contributed by atoms with E-state index in [1.807, 2.05) is 0 Å². The van der Waals surface area contributed by atoms with Gasteiger partial charge in [0, 0.05) is 13.0 Å². The Morgan fingerprint density at radius 3 is 2.20 bits per heavy atom. The number of aryl methyl sites for hydroxylation is 1. The fraction of sp³-hybridized carbons (Fsp3) is 0.516. The van der Waals surface area contributed by atoms with Crippen LogP contribution in [0.3, 0.4) is 0 Å². The molecule has 0 bridgehead atoms. The van der Waals surface area contributed by atoms with Gasteiger partial charge in [0.05, 0.1) is 33.5 Å². The highest BCUT2D eigenvalue weighted by Crippen LogP contribution is 2.35. The Morgan fingerprint density at radius 1 is 1.02 bits per heavy atom. The molecule has 0 spiro atoms. The maximum atomic E-state index is 13.3. The van der Waals surface area contributed by atoms with Gasteiger partial charge in [0.15, 0.2) is 11.5 Å². The van der Waals surface area contributed by atoms with Crippen LogP contribution in [0.25, 0.3) is 0 Å². The third-order valence-electron chi connectivity index (χ3n) is 6.99. The topological polar surface area (TPSA) is 167 Å². The van der Waals surface area contributed by atoms with Gasteiger partial charge in [-0.2, -0.15) is 0 Å². The fourth-order valence-electron chi connectivity index (χ4n) is 4.67. The minimum Gasteiger partial charge on any atom is -0.493 e. The van der Waals surface area contributed by atoms with Gasteiger partial charge < -0.3 is 29.1 Å². The first-order valence-electron chi connectivity index (χ1n) is 14.5. The molecule has 0 radical (unpaired) electrons. The van der Waals surface area contributed by atoms with Crippen molar-refractivity contribution < 1.29 is 43.6 Å². The first-order chi connectivity index (χ1) is 21.0. The fourth-order valence-corrected chi connectivity index (χ4v) is 4.67. The van der Waals surface area contributed by atoms with Crippen molar-refractivity contribution in [3.8, 4) is 11.5 Å². The van der Waals surface area contributed by atoms with Crippen LogP contribution >= 0.6 is 0 Å². The van der Waals surface area contributed by atoms with Crippen LogP contribution in [0.15, 0.2) is 42.5 Å². The number of benzene rings is 2. The first-order valence-corrected chi connectivity index (χ1v) is 14.5. The molecule has 1 amide bonds. The second-order valence-electron chi connectivity index (χ2n) is 10.3. The van der Waals surface area contributed by atoms with Crippen molar-refractivity contribution in [2.45, 2.75) is 77.5 Å². The van der Waals surface area contributed by atoms with Crippen LogP contribution < -0.4 is 14.8 Å². The zero-order valence-electron chi connectivity index (χ0n) is 25.9. The number of methoxy groups -OCH3 is 2. The minimum atomic E-state index is -1.11. The van der Waals surface area contributed by atoms with Gasteiger partial charge in [-0.1, -0.05) is 43.7 Å². The molecule has 0 saturated heterocycles. The van der Waals surface area contributed by atoms with Crippen LogP contribution in [-0.2, 0) is 43.3 Å². The van der Waals surface area contributed by atoms with E-state index in [1.54, 1.807) is 12.1 Å². The summed E-state index contributed by atoms with van der Waals surface area (Å²) >= 11 is 0. The maximum absolute atomic E-state index is 13.3. The molecule has 0 saturated carbocycles. The lowest BCUT2D eigenvalue weighted by molar-refractivity contribution is -0.757. The lowest BCUT2D eigenvalue weighted by Gasteiger charge is -2.37. The highest BCUT2D eigenvalue weighted by Gasteiger charge is 2.38. The Morgan fingerprint density at radius 2 is 1.64 bits per heavy atom. The van der Waals surface area contributed by atoms with E-state index < -0.39 is 41.1 Å². The standard InChI is InChI=1S/C22H31N3O10.C9H12/c1-13(23-14(2)21(27)28)20(26)24-12-16-11-19(33-4)18(32-3)10-15(16)9-17(24)22(29)34-7-5-6-8-35-25(30)31;1-2-6-9-7-4-3-5-8-9/h10-11,13-14,17,23H,5-9,12H2,1-4H3,(H,27,28);3-5,7-8H,2,6H2,1H3. The molecule has 242 valence electrons. The number of carboxylic acid groups (broad SMARTS) is 1. The van der Waals surface area contributed by atoms with Gasteiger partial charge in [-0.25, -0.2) is 4.79 Å². The van der Waals surface area contributed by atoms with Crippen molar-refractivity contribution >= 4 is 17.8 Å². The van der Waals surface area contributed by atoms with E-state index in [0.717, 1.165) is 11.1 Å². The summed E-state index contributed by atoms with van der Waals surface area (Å²) in [6.45, 7) is 5.12. The van der Waals surface area contributed by atoms with Gasteiger partial charge in [-0.15, -0.1) is 10.1 Å². The Bertz CT molecular complexity index is 1240. The Labute approximate surface area is 257 Å². The molecule has 0 fully saturated rings. The monoisotopic (exact) mass is 617 g/mol. The Balaban J connectivity index is 0.000000639. The number of fused-ring (bicyclic) bond motifs is 1. The molecule has 1 aliphatic heterocycles. The number of hydrogen-bond acceptors (Lipinski definition) is 10. The zero-order chi connectivity index (χ0) is 32.6. The molecule has 13 heteroatoms. The van der Waals surface area contributed by atoms with E-state index >= 15 is 0 Å². The molecule has 0 aromatic heterocycles. The van der Waals surface area contributed by atoms with E-state index in [0.29, 0.717) is 24.3 Å². The number of carbonyl (C=O) groups excluding carboxylic acids is 2. The van der Waals surface area contributed by atoms with Gasteiger partial charge in [-0.3, -0.25) is 14.9 Å². The lowest BCUT2D eigenvalue weighted by atomic mass is 9.92. The summed E-state index contributed by atoms with van der Waals surface area (Å²) < 4.78 is 16.1. The Kier molecular flexibility index (Phi) is 14.9. The van der Waals surface area contributed by atoms with Crippen LogP contribution in [0.2, 0.25) is 0 Å². The second kappa shape index (κ2) is 18.3. The largest absolute Gasteiger partial charge is 0.493 e. The number of nitrogens with zero attached hydrogens (tertiary/aromatic N) is 2. The number of carboxylic acids is 1. The van der Waals surface area contributed by atoms with Crippen LogP contribution in [0.5, 0.6) is 11.5 Å². The number of nitrogens with one attached hydrogen (secondary N) is 1. The molecule has 1 aliphatic rings. The number of hydrogen-bond donors (Lipinski definition) is 2. The van der Waals surface area contributed by atoms with Crippen molar-refractivity contribution in [1.29, 1.82) is 0 Å². The number of aliphatic carboxylic acids is 1. The van der Waals surface area contributed by atoms with Crippen molar-refractivity contribution in [2.75, 3.05) is 27.4 Å². The zero-order valence-corrected chi connectivity index (χ0v) is 25.9. The van der Waals surface area contributed by atoms with E-state index in [-0.39, 0.29) is 26.2 Å². The molecule has 3 atom stereocenters. The van der Waals surface area contributed by atoms with Crippen molar-refractivity contribution in [3.05, 3.63) is 69.3 Å². The van der Waals surface area contributed by atoms with Crippen molar-refractivity contribution in [2.24, 2.45) is 0 Å². The number of carbonyl (C=O) groups is 3. The van der Waals surface area contributed by atoms with Gasteiger partial charge in [0.25, 0.3) is 5.09 Å². The maximum Gasteiger partial charge on any atom is 0.329 e. The summed E-state index contributed by atoms with van der Waals surface area (Å²) in [5.74, 6) is -1.24. The van der Waals surface area contributed by atoms with Gasteiger partial charge in [-0.05, 0) is 61.9 Å². The average Bonchev–Trinajstić information content (AvgIpc) is 3.01. The number of ether oxygens (including phenoxy) is 3. The smallest absolute Gasteiger partial charge is 0.329 e. The molecular weight excluding hydrogens is 574 g/mol. The number of rotatable bonds is 15. The molecule has 2 aromatic carbocycles. The number of unbranched alkanes of at least 4 members (excludes halogenated alkanes) is 1. The van der Waals surface area contributed by atoms with Crippen molar-refractivity contribution in [3.63, 3.8) is 0 Å². The van der Waals surface area contributed by atoms with E-state index in [2.05, 4.69) is 47.4 Å². The molecule has 3 unspecified atom stereocenters. The summed E-state index contributed by atoms with van der Waals surface area (Å²) in [5, 5.41) is 21.2. The predicted molar refractivity (Wildman–Crippen MR) is 161 cm³/mol. The van der Waals surface area contributed by atoms with Crippen molar-refractivity contribution in [1.82, 2.24) is 10.2 Å². The van der Waals surface area contributed by atoms with Gasteiger partial charge in [0.2, 0.25) is 5.91 Å². The quantitative estimate of drug-likeness (QED) is 0.130. The number of esters is 1. The molecule has 3 rings (SSSR count). The molecule has 1 heterocycles. The average molecular weight is 618 g/mol. The van der Waals surface area contributed by atoms with Crippen LogP contribution in [-0.4, -0.2) is 78.5 Å².